The highest BCUT2D eigenvalue weighted by Gasteiger charge is 2.35. The number of esters is 1. The Balaban J connectivity index is 1.95. The predicted molar refractivity (Wildman–Crippen MR) is 151 cm³/mol. The summed E-state index contributed by atoms with van der Waals surface area (Å²) in [5.74, 6) is 0.512. The van der Waals surface area contributed by atoms with E-state index in [1.54, 1.807) is 37.3 Å². The van der Waals surface area contributed by atoms with E-state index < -0.39 is 12.0 Å². The highest BCUT2D eigenvalue weighted by atomic mass is 79.9. The van der Waals surface area contributed by atoms with Gasteiger partial charge in [-0.25, -0.2) is 9.79 Å². The number of nitrogens with zero attached hydrogens (tertiary/aromatic N) is 2. The fourth-order valence-corrected chi connectivity index (χ4v) is 6.68. The Bertz CT molecular complexity index is 1600. The second kappa shape index (κ2) is 11.4. The number of carbonyl (C=O) groups excluding carboxylic acids is 1. The lowest BCUT2D eigenvalue weighted by atomic mass is 9.95. The van der Waals surface area contributed by atoms with E-state index >= 15 is 0 Å². The molecule has 1 atom stereocenters. The number of hydrogen-bond acceptors (Lipinski definition) is 7. The van der Waals surface area contributed by atoms with Gasteiger partial charge in [0, 0.05) is 10.6 Å². The van der Waals surface area contributed by atoms with Crippen LogP contribution in [0.25, 0.3) is 6.08 Å². The molecule has 2 aromatic carbocycles. The van der Waals surface area contributed by atoms with E-state index in [4.69, 9.17) is 25.8 Å². The maximum absolute atomic E-state index is 13.8. The summed E-state index contributed by atoms with van der Waals surface area (Å²) in [6.45, 7) is 5.73. The Hall–Kier alpha value is -2.66. The van der Waals surface area contributed by atoms with Gasteiger partial charge in [0.25, 0.3) is 5.56 Å². The number of hydrogen-bond donors (Lipinski definition) is 0. The molecule has 0 amide bonds. The molecule has 0 saturated heterocycles. The number of thiazole rings is 1. The van der Waals surface area contributed by atoms with Crippen LogP contribution in [0.1, 0.15) is 24.1 Å². The maximum Gasteiger partial charge on any atom is 0.338 e. The first-order valence-corrected chi connectivity index (χ1v) is 13.6. The van der Waals surface area contributed by atoms with E-state index in [1.807, 2.05) is 12.1 Å². The van der Waals surface area contributed by atoms with Crippen LogP contribution in [0.15, 0.2) is 73.0 Å². The number of ether oxygens (including phenoxy) is 3. The zero-order valence-corrected chi connectivity index (χ0v) is 24.8. The van der Waals surface area contributed by atoms with Crippen molar-refractivity contribution in [1.29, 1.82) is 0 Å². The number of benzene rings is 2. The normalized spacial score (nSPS) is 15.2. The molecule has 3 aromatic rings. The first kappa shape index (κ1) is 27.4. The number of carbonyl (C=O) groups is 1. The molecule has 7 nitrogen and oxygen atoms in total. The van der Waals surface area contributed by atoms with Crippen molar-refractivity contribution in [2.75, 3.05) is 20.8 Å². The molecule has 1 aromatic heterocycles. The molecule has 192 valence electrons. The Morgan fingerprint density at radius 1 is 1.24 bits per heavy atom. The lowest BCUT2D eigenvalue weighted by Crippen LogP contribution is -2.40. The van der Waals surface area contributed by atoms with Crippen LogP contribution in [-0.2, 0) is 9.53 Å². The summed E-state index contributed by atoms with van der Waals surface area (Å²) in [7, 11) is 2.81. The summed E-state index contributed by atoms with van der Waals surface area (Å²) in [4.78, 5) is 31.7. The van der Waals surface area contributed by atoms with Gasteiger partial charge in [-0.3, -0.25) is 9.36 Å². The van der Waals surface area contributed by atoms with Gasteiger partial charge in [-0.15, -0.1) is 0 Å². The van der Waals surface area contributed by atoms with E-state index in [-0.39, 0.29) is 11.1 Å². The number of rotatable bonds is 7. The van der Waals surface area contributed by atoms with Gasteiger partial charge in [-0.05, 0) is 80.8 Å². The third-order valence-corrected chi connectivity index (χ3v) is 7.97. The second-order valence-electron chi connectivity index (χ2n) is 7.87. The smallest absolute Gasteiger partial charge is 0.338 e. The van der Waals surface area contributed by atoms with Gasteiger partial charge in [0.2, 0.25) is 0 Å². The Labute approximate surface area is 238 Å². The minimum Gasteiger partial charge on any atom is -0.496 e. The van der Waals surface area contributed by atoms with Crippen molar-refractivity contribution in [3.8, 4) is 11.5 Å². The molecule has 0 aliphatic carbocycles. The standard InChI is InChI=1S/C26H21Br2ClN2O5S/c1-5-8-36-23-17(27)9-14(10-18(23)28)11-20-24(32)31-22(16-12-15(29)6-7-19(16)34-3)21(25(33)35-4)13(2)30-26(31)37-20/h5-7,9-12,22H,1,8H2,2-4H3/b20-11-/t22-/m1/s1. The van der Waals surface area contributed by atoms with Gasteiger partial charge < -0.3 is 14.2 Å². The first-order chi connectivity index (χ1) is 17.7. The van der Waals surface area contributed by atoms with Gasteiger partial charge in [0.05, 0.1) is 39.0 Å². The van der Waals surface area contributed by atoms with Crippen LogP contribution in [-0.4, -0.2) is 31.4 Å². The van der Waals surface area contributed by atoms with Crippen LogP contribution in [0, 0.1) is 0 Å². The van der Waals surface area contributed by atoms with Crippen molar-refractivity contribution in [2.45, 2.75) is 13.0 Å². The molecule has 0 radical (unpaired) electrons. The van der Waals surface area contributed by atoms with Gasteiger partial charge in [0.15, 0.2) is 4.80 Å². The van der Waals surface area contributed by atoms with Crippen molar-refractivity contribution in [3.63, 3.8) is 0 Å². The van der Waals surface area contributed by atoms with E-state index in [2.05, 4.69) is 43.4 Å². The molecular weight excluding hydrogens is 648 g/mol. The fraction of sp³-hybridized carbons (Fsp3) is 0.192. The molecule has 1 aliphatic heterocycles. The molecule has 1 aliphatic rings. The second-order valence-corrected chi connectivity index (χ2v) is 11.0. The van der Waals surface area contributed by atoms with Crippen LogP contribution in [0.4, 0.5) is 0 Å². The zero-order valence-electron chi connectivity index (χ0n) is 20.0. The molecule has 0 bridgehead atoms. The van der Waals surface area contributed by atoms with E-state index in [9.17, 15) is 9.59 Å². The topological polar surface area (TPSA) is 79.1 Å². The third kappa shape index (κ3) is 5.34. The number of allylic oxidation sites excluding steroid dienone is 1. The van der Waals surface area contributed by atoms with Crippen molar-refractivity contribution in [2.24, 2.45) is 4.99 Å². The van der Waals surface area contributed by atoms with Crippen LogP contribution < -0.4 is 24.4 Å². The molecular formula is C26H21Br2ClN2O5S. The Morgan fingerprint density at radius 2 is 1.95 bits per heavy atom. The summed E-state index contributed by atoms with van der Waals surface area (Å²) in [6.07, 6.45) is 3.42. The quantitative estimate of drug-likeness (QED) is 0.257. The number of fused-ring (bicyclic) bond motifs is 1. The van der Waals surface area contributed by atoms with Crippen molar-refractivity contribution >= 4 is 66.8 Å². The summed E-state index contributed by atoms with van der Waals surface area (Å²) in [5, 5.41) is 0.435. The van der Waals surface area contributed by atoms with Gasteiger partial charge in [-0.1, -0.05) is 35.6 Å². The van der Waals surface area contributed by atoms with Crippen molar-refractivity contribution < 1.29 is 19.0 Å². The molecule has 37 heavy (non-hydrogen) atoms. The average molecular weight is 669 g/mol. The molecule has 4 rings (SSSR count). The third-order valence-electron chi connectivity index (χ3n) is 5.58. The van der Waals surface area contributed by atoms with Gasteiger partial charge in [-0.2, -0.15) is 0 Å². The maximum atomic E-state index is 13.8. The van der Waals surface area contributed by atoms with Crippen LogP contribution >= 0.6 is 54.8 Å². The number of methoxy groups -OCH3 is 2. The number of halogens is 3. The molecule has 11 heteroatoms. The zero-order chi connectivity index (χ0) is 26.9. The predicted octanol–water partition coefficient (Wildman–Crippen LogP) is 5.16. The highest BCUT2D eigenvalue weighted by Crippen LogP contribution is 2.37. The molecule has 2 heterocycles. The summed E-state index contributed by atoms with van der Waals surface area (Å²) >= 11 is 14.6. The Morgan fingerprint density at radius 3 is 2.57 bits per heavy atom. The lowest BCUT2D eigenvalue weighted by molar-refractivity contribution is -0.136. The Kier molecular flexibility index (Phi) is 8.42. The molecule has 0 spiro atoms. The molecule has 0 N–H and O–H groups in total. The van der Waals surface area contributed by atoms with E-state index in [0.717, 1.165) is 5.56 Å². The van der Waals surface area contributed by atoms with Crippen LogP contribution in [0.3, 0.4) is 0 Å². The fourth-order valence-electron chi connectivity index (χ4n) is 4.00. The van der Waals surface area contributed by atoms with Gasteiger partial charge in [0.1, 0.15) is 24.1 Å². The minimum atomic E-state index is -0.840. The van der Waals surface area contributed by atoms with Gasteiger partial charge >= 0.3 is 5.97 Å². The summed E-state index contributed by atoms with van der Waals surface area (Å²) in [6, 6.07) is 7.92. The van der Waals surface area contributed by atoms with Crippen molar-refractivity contribution in [3.05, 3.63) is 99.0 Å². The van der Waals surface area contributed by atoms with E-state index in [1.165, 1.54) is 30.1 Å². The molecule has 0 saturated carbocycles. The highest BCUT2D eigenvalue weighted by molar-refractivity contribution is 9.11. The average Bonchev–Trinajstić information content (AvgIpc) is 3.16. The SMILES string of the molecule is C=CCOc1c(Br)cc(/C=c2\sc3n(c2=O)[C@H](c2cc(Cl)ccc2OC)C(C(=O)OC)=C(C)N=3)cc1Br. The summed E-state index contributed by atoms with van der Waals surface area (Å²) in [5.41, 5.74) is 1.67. The lowest BCUT2D eigenvalue weighted by Gasteiger charge is -2.25. The van der Waals surface area contributed by atoms with Crippen LogP contribution in [0.2, 0.25) is 5.02 Å². The largest absolute Gasteiger partial charge is 0.496 e. The van der Waals surface area contributed by atoms with Crippen LogP contribution in [0.5, 0.6) is 11.5 Å². The minimum absolute atomic E-state index is 0.233. The first-order valence-electron chi connectivity index (χ1n) is 10.9. The monoisotopic (exact) mass is 666 g/mol. The molecule has 0 unspecified atom stereocenters. The number of aromatic nitrogens is 1. The van der Waals surface area contributed by atoms with E-state index in [0.29, 0.717) is 52.7 Å². The van der Waals surface area contributed by atoms with Crippen molar-refractivity contribution in [1.82, 2.24) is 4.57 Å². The molecule has 0 fully saturated rings. The summed E-state index contributed by atoms with van der Waals surface area (Å²) < 4.78 is 19.7.